The minimum Gasteiger partial charge on any atom is -0.456 e. The molecule has 60 heavy (non-hydrogen) atoms. The van der Waals surface area contributed by atoms with Gasteiger partial charge in [0.1, 0.15) is 11.2 Å². The minimum atomic E-state index is 0.206. The first kappa shape index (κ1) is 34.2. The molecular formula is C56H38N3O+. The van der Waals surface area contributed by atoms with Crippen LogP contribution in [0.3, 0.4) is 0 Å². The Morgan fingerprint density at radius 3 is 2.13 bits per heavy atom. The number of benzene rings is 8. The van der Waals surface area contributed by atoms with Crippen LogP contribution in [-0.4, -0.2) is 16.5 Å². The van der Waals surface area contributed by atoms with Crippen LogP contribution in [0.25, 0.3) is 76.9 Å². The number of allylic oxidation sites excluding steroid dienone is 5. The van der Waals surface area contributed by atoms with Crippen LogP contribution >= 0.6 is 0 Å². The summed E-state index contributed by atoms with van der Waals surface area (Å²) >= 11 is 0. The first-order valence-corrected chi connectivity index (χ1v) is 20.6. The molecule has 8 aromatic carbocycles. The summed E-state index contributed by atoms with van der Waals surface area (Å²) in [6, 6.07) is 62.8. The third-order valence-electron chi connectivity index (χ3n) is 12.3. The number of aromatic nitrogens is 1. The number of rotatable bonds is 7. The van der Waals surface area contributed by atoms with Gasteiger partial charge in [0.05, 0.1) is 27.9 Å². The van der Waals surface area contributed by atoms with Gasteiger partial charge in [-0.2, -0.15) is 0 Å². The highest BCUT2D eigenvalue weighted by Gasteiger charge is 2.28. The largest absolute Gasteiger partial charge is 0.456 e. The Labute approximate surface area is 347 Å². The zero-order valence-electron chi connectivity index (χ0n) is 32.7. The fourth-order valence-electron chi connectivity index (χ4n) is 9.41. The van der Waals surface area contributed by atoms with Crippen molar-refractivity contribution in [3.8, 4) is 16.8 Å². The fraction of sp³-hybridized carbons (Fsp3) is 0.0357. The molecule has 1 N–H and O–H groups in total. The van der Waals surface area contributed by atoms with E-state index in [1.54, 1.807) is 0 Å². The monoisotopic (exact) mass is 768 g/mol. The van der Waals surface area contributed by atoms with Crippen LogP contribution in [0.1, 0.15) is 29.0 Å². The molecule has 4 nitrogen and oxygen atoms in total. The van der Waals surface area contributed by atoms with Gasteiger partial charge in [0.15, 0.2) is 0 Å². The Bertz CT molecular complexity index is 3490. The lowest BCUT2D eigenvalue weighted by atomic mass is 9.90. The van der Waals surface area contributed by atoms with E-state index in [-0.39, 0.29) is 5.92 Å². The van der Waals surface area contributed by atoms with Crippen molar-refractivity contribution < 1.29 is 4.42 Å². The van der Waals surface area contributed by atoms with Gasteiger partial charge in [-0.15, -0.1) is 0 Å². The van der Waals surface area contributed by atoms with E-state index >= 15 is 0 Å². The molecule has 1 aliphatic heterocycles. The zero-order valence-corrected chi connectivity index (χ0v) is 32.7. The van der Waals surface area contributed by atoms with Gasteiger partial charge in [-0.1, -0.05) is 150 Å². The molecule has 2 aliphatic rings. The van der Waals surface area contributed by atoms with Gasteiger partial charge >= 0.3 is 11.9 Å². The van der Waals surface area contributed by atoms with Crippen LogP contribution < -0.4 is 9.98 Å². The van der Waals surface area contributed by atoms with Crippen molar-refractivity contribution in [1.82, 2.24) is 9.24 Å². The highest BCUT2D eigenvalue weighted by Crippen LogP contribution is 2.42. The van der Waals surface area contributed by atoms with Gasteiger partial charge in [-0.3, -0.25) is 0 Å². The second kappa shape index (κ2) is 13.9. The fourth-order valence-corrected chi connectivity index (χ4v) is 9.41. The molecule has 4 heteroatoms. The summed E-state index contributed by atoms with van der Waals surface area (Å²) in [6.07, 6.45) is 12.0. The summed E-state index contributed by atoms with van der Waals surface area (Å²) < 4.78 is 14.0. The molecule has 0 saturated heterocycles. The Morgan fingerprint density at radius 2 is 1.30 bits per heavy atom. The number of anilines is 1. The lowest BCUT2D eigenvalue weighted by Gasteiger charge is -2.21. The second-order valence-electron chi connectivity index (χ2n) is 15.7. The Balaban J connectivity index is 0.972. The second-order valence-corrected chi connectivity index (χ2v) is 15.7. The van der Waals surface area contributed by atoms with E-state index in [1.165, 1.54) is 43.5 Å². The molecule has 282 valence electrons. The van der Waals surface area contributed by atoms with Crippen LogP contribution in [0.15, 0.2) is 210 Å². The average Bonchev–Trinajstić information content (AvgIpc) is 4.04. The predicted octanol–water partition coefficient (Wildman–Crippen LogP) is 13.6. The minimum absolute atomic E-state index is 0.206. The number of para-hydroxylation sites is 5. The molecule has 12 rings (SSSR count). The highest BCUT2D eigenvalue weighted by molar-refractivity contribution is 6.29. The summed E-state index contributed by atoms with van der Waals surface area (Å²) in [4.78, 5) is 0. The average molecular weight is 769 g/mol. The summed E-state index contributed by atoms with van der Waals surface area (Å²) in [6.45, 7) is 0. The molecule has 0 bridgehead atoms. The van der Waals surface area contributed by atoms with E-state index in [1.807, 2.05) is 12.3 Å². The van der Waals surface area contributed by atoms with E-state index in [4.69, 9.17) is 9.09 Å². The predicted molar refractivity (Wildman–Crippen MR) is 252 cm³/mol. The zero-order chi connectivity index (χ0) is 39.6. The van der Waals surface area contributed by atoms with Crippen molar-refractivity contribution in [3.05, 3.63) is 223 Å². The van der Waals surface area contributed by atoms with Gasteiger partial charge in [0.25, 0.3) is 0 Å². The van der Waals surface area contributed by atoms with Crippen molar-refractivity contribution >= 4 is 77.7 Å². The lowest BCUT2D eigenvalue weighted by Crippen LogP contribution is -2.09. The number of fused-ring (bicyclic) bond motifs is 7. The highest BCUT2D eigenvalue weighted by atomic mass is 16.3. The maximum Gasteiger partial charge on any atom is 0.335 e. The maximum atomic E-state index is 6.43. The van der Waals surface area contributed by atoms with E-state index in [0.29, 0.717) is 0 Å². The topological polar surface area (TPSA) is 44.2 Å². The van der Waals surface area contributed by atoms with E-state index in [2.05, 4.69) is 204 Å². The van der Waals surface area contributed by atoms with Crippen molar-refractivity contribution in [2.24, 2.45) is 0 Å². The molecule has 1 aliphatic carbocycles. The van der Waals surface area contributed by atoms with Gasteiger partial charge < -0.3 is 14.3 Å². The Hall–Kier alpha value is -7.91. The molecule has 0 amide bonds. The van der Waals surface area contributed by atoms with Crippen molar-refractivity contribution in [3.63, 3.8) is 0 Å². The van der Waals surface area contributed by atoms with E-state index in [9.17, 15) is 0 Å². The molecule has 2 aromatic heterocycles. The van der Waals surface area contributed by atoms with Crippen LogP contribution in [0.2, 0.25) is 0 Å². The molecular weight excluding hydrogens is 731 g/mol. The smallest absolute Gasteiger partial charge is 0.335 e. The Morgan fingerprint density at radius 1 is 0.600 bits per heavy atom. The molecule has 1 unspecified atom stereocenters. The van der Waals surface area contributed by atoms with Gasteiger partial charge in [0, 0.05) is 61.6 Å². The third kappa shape index (κ3) is 5.58. The first-order valence-electron chi connectivity index (χ1n) is 20.6. The maximum absolute atomic E-state index is 6.43. The van der Waals surface area contributed by atoms with Gasteiger partial charge in [-0.25, -0.2) is 0 Å². The number of hydrogen-bond donors (Lipinski definition) is 1. The lowest BCUT2D eigenvalue weighted by molar-refractivity contribution is 0.657. The van der Waals surface area contributed by atoms with Crippen LogP contribution in [0.4, 0.5) is 5.69 Å². The molecule has 10 aromatic rings. The molecule has 0 saturated carbocycles. The number of nitrogens with one attached hydrogen (secondary N) is 1. The first-order chi connectivity index (χ1) is 29.7. The molecule has 0 radical (unpaired) electrons. The number of nitrogens with zero attached hydrogens (tertiary/aromatic N) is 2. The SMILES string of the molecule is C1=CC(c2cccc3c2oc2ccccc23)CC=C1Nc1ccccc1-c1c(C2=[N+]=CC(c3ccc4ccccc4c3)=C2)cccc1-n1c2ccccc2c2ccccc21. The van der Waals surface area contributed by atoms with Gasteiger partial charge in [-0.05, 0) is 71.3 Å². The normalized spacial score (nSPS) is 15.0. The molecule has 3 heterocycles. The third-order valence-corrected chi connectivity index (χ3v) is 12.3. The van der Waals surface area contributed by atoms with Crippen LogP contribution in [0, 0.1) is 0 Å². The summed E-state index contributed by atoms with van der Waals surface area (Å²) in [7, 11) is 0. The summed E-state index contributed by atoms with van der Waals surface area (Å²) in [5.41, 5.74) is 15.1. The standard InChI is InChI=1S/C56H37N3O/c1-2-14-38-33-39(28-27-36(38)13-1)40-34-50(57-35-40)48-21-12-25-53(59-51-23-8-4-15-43(51)44-16-5-9-24-52(44)59)55(48)47-18-3-7-22-49(47)58-41-31-29-37(30-32-41)42-19-11-20-46-45-17-6-10-26-54(45)60-56(42)46/h1-29,31-35,37H,30H2/p+1. The van der Waals surface area contributed by atoms with Crippen molar-refractivity contribution in [2.75, 3.05) is 5.32 Å². The molecule has 0 spiro atoms. The number of hydrogen-bond acceptors (Lipinski definition) is 2. The summed E-state index contributed by atoms with van der Waals surface area (Å²) in [5, 5.41) is 11.1. The van der Waals surface area contributed by atoms with Crippen molar-refractivity contribution in [1.29, 1.82) is 0 Å². The Kier molecular flexibility index (Phi) is 7.90. The molecule has 1 atom stereocenters. The molecule has 0 fully saturated rings. The summed E-state index contributed by atoms with van der Waals surface area (Å²) in [5.74, 6) is 0.206. The van der Waals surface area contributed by atoms with Crippen molar-refractivity contribution in [2.45, 2.75) is 12.3 Å². The van der Waals surface area contributed by atoms with E-state index in [0.717, 1.165) is 73.6 Å². The van der Waals surface area contributed by atoms with Crippen LogP contribution in [0.5, 0.6) is 0 Å². The van der Waals surface area contributed by atoms with Gasteiger partial charge in [0.2, 0.25) is 0 Å². The van der Waals surface area contributed by atoms with E-state index < -0.39 is 0 Å². The quantitative estimate of drug-likeness (QED) is 0.164. The number of furan rings is 1. The van der Waals surface area contributed by atoms with Crippen LogP contribution in [-0.2, 0) is 0 Å².